The van der Waals surface area contributed by atoms with Crippen LogP contribution in [0.3, 0.4) is 0 Å². The molecule has 0 unspecified atom stereocenters. The van der Waals surface area contributed by atoms with Crippen LogP contribution in [-0.2, 0) is 10.0 Å². The molecule has 1 spiro atoms. The monoisotopic (exact) mass is 229 g/mol. The van der Waals surface area contributed by atoms with Gasteiger partial charge in [0.1, 0.15) is 0 Å². The van der Waals surface area contributed by atoms with Crippen LogP contribution in [0.15, 0.2) is 0 Å². The van der Waals surface area contributed by atoms with Crippen LogP contribution < -0.4 is 0 Å². The molecule has 1 heterocycles. The van der Waals surface area contributed by atoms with Crippen LogP contribution in [0.25, 0.3) is 0 Å². The molecular formula is C11H19NO2S. The Bertz CT molecular complexity index is 345. The summed E-state index contributed by atoms with van der Waals surface area (Å²) in [6.07, 6.45) is 8.25. The summed E-state index contributed by atoms with van der Waals surface area (Å²) in [7, 11) is -2.87. The maximum Gasteiger partial charge on any atom is 0.217 e. The molecule has 0 aromatic rings. The van der Waals surface area contributed by atoms with Gasteiger partial charge in [0.25, 0.3) is 0 Å². The minimum atomic E-state index is -2.87. The summed E-state index contributed by atoms with van der Waals surface area (Å²) in [5.41, 5.74) is 0.389. The quantitative estimate of drug-likeness (QED) is 0.723. The maximum atomic E-state index is 11.9. The van der Waals surface area contributed by atoms with E-state index in [1.807, 2.05) is 0 Å². The second-order valence-corrected chi connectivity index (χ2v) is 7.79. The molecule has 0 amide bonds. The van der Waals surface area contributed by atoms with Gasteiger partial charge in [0, 0.05) is 13.1 Å². The first-order chi connectivity index (χ1) is 7.12. The SMILES string of the molecule is O=S(=O)(C1CC1)N1CC2(CCCCC2)C1. The number of nitrogens with zero attached hydrogens (tertiary/aromatic N) is 1. The van der Waals surface area contributed by atoms with Crippen LogP contribution >= 0.6 is 0 Å². The molecule has 0 aromatic carbocycles. The normalized spacial score (nSPS) is 31.5. The molecule has 4 heteroatoms. The zero-order valence-electron chi connectivity index (χ0n) is 9.11. The van der Waals surface area contributed by atoms with Crippen molar-refractivity contribution in [1.82, 2.24) is 4.31 Å². The summed E-state index contributed by atoms with van der Waals surface area (Å²) in [4.78, 5) is 0. The Morgan fingerprint density at radius 1 is 1.00 bits per heavy atom. The summed E-state index contributed by atoms with van der Waals surface area (Å²) in [5, 5.41) is -0.0153. The van der Waals surface area contributed by atoms with Gasteiger partial charge in [-0.1, -0.05) is 19.3 Å². The van der Waals surface area contributed by atoms with Crippen molar-refractivity contribution in [2.45, 2.75) is 50.2 Å². The van der Waals surface area contributed by atoms with Crippen molar-refractivity contribution < 1.29 is 8.42 Å². The molecule has 2 aliphatic carbocycles. The van der Waals surface area contributed by atoms with Gasteiger partial charge < -0.3 is 0 Å². The second-order valence-electron chi connectivity index (χ2n) is 5.57. The van der Waals surface area contributed by atoms with Crippen LogP contribution in [-0.4, -0.2) is 31.1 Å². The molecule has 3 aliphatic rings. The summed E-state index contributed by atoms with van der Waals surface area (Å²) in [6.45, 7) is 1.65. The summed E-state index contributed by atoms with van der Waals surface area (Å²) in [6, 6.07) is 0. The molecule has 3 nitrogen and oxygen atoms in total. The molecule has 0 aromatic heterocycles. The lowest BCUT2D eigenvalue weighted by molar-refractivity contribution is 0.0304. The van der Waals surface area contributed by atoms with Crippen molar-refractivity contribution in [2.24, 2.45) is 5.41 Å². The van der Waals surface area contributed by atoms with E-state index < -0.39 is 10.0 Å². The van der Waals surface area contributed by atoms with Crippen LogP contribution in [0.5, 0.6) is 0 Å². The minimum absolute atomic E-state index is 0.0153. The van der Waals surface area contributed by atoms with E-state index in [4.69, 9.17) is 0 Å². The van der Waals surface area contributed by atoms with E-state index in [0.717, 1.165) is 25.9 Å². The van der Waals surface area contributed by atoms with Crippen LogP contribution in [0.2, 0.25) is 0 Å². The topological polar surface area (TPSA) is 37.4 Å². The first-order valence-electron chi connectivity index (χ1n) is 6.11. The van der Waals surface area contributed by atoms with Gasteiger partial charge in [0.2, 0.25) is 10.0 Å². The van der Waals surface area contributed by atoms with E-state index in [9.17, 15) is 8.42 Å². The Labute approximate surface area is 91.9 Å². The third kappa shape index (κ3) is 1.62. The molecule has 0 N–H and O–H groups in total. The largest absolute Gasteiger partial charge is 0.217 e. The Kier molecular flexibility index (Phi) is 2.15. The van der Waals surface area contributed by atoms with Gasteiger partial charge in [-0.05, 0) is 31.1 Å². The summed E-state index contributed by atoms with van der Waals surface area (Å²) in [5.74, 6) is 0. The molecular weight excluding hydrogens is 210 g/mol. The van der Waals surface area contributed by atoms with Gasteiger partial charge in [-0.2, -0.15) is 0 Å². The Hall–Kier alpha value is -0.0900. The maximum absolute atomic E-state index is 11.9. The first-order valence-corrected chi connectivity index (χ1v) is 7.62. The summed E-state index contributed by atoms with van der Waals surface area (Å²) >= 11 is 0. The predicted octanol–water partition coefficient (Wildman–Crippen LogP) is 1.74. The number of sulfonamides is 1. The van der Waals surface area contributed by atoms with Gasteiger partial charge in [-0.25, -0.2) is 12.7 Å². The molecule has 1 aliphatic heterocycles. The fourth-order valence-electron chi connectivity index (χ4n) is 3.08. The van der Waals surface area contributed by atoms with E-state index in [2.05, 4.69) is 0 Å². The molecule has 1 saturated heterocycles. The predicted molar refractivity (Wildman–Crippen MR) is 59.0 cm³/mol. The van der Waals surface area contributed by atoms with E-state index >= 15 is 0 Å². The molecule has 0 atom stereocenters. The van der Waals surface area contributed by atoms with Gasteiger partial charge in [0.05, 0.1) is 5.25 Å². The summed E-state index contributed by atoms with van der Waals surface area (Å²) < 4.78 is 25.6. The Morgan fingerprint density at radius 2 is 1.60 bits per heavy atom. The smallest absolute Gasteiger partial charge is 0.212 e. The van der Waals surface area contributed by atoms with Gasteiger partial charge in [-0.15, -0.1) is 0 Å². The lowest BCUT2D eigenvalue weighted by atomic mass is 9.70. The average Bonchev–Trinajstić information content (AvgIpc) is 2.98. The van der Waals surface area contributed by atoms with Gasteiger partial charge in [-0.3, -0.25) is 0 Å². The standard InChI is InChI=1S/C11H19NO2S/c13-15(14,10-4-5-10)12-8-11(9-12)6-2-1-3-7-11/h10H,1-9H2. The Morgan fingerprint density at radius 3 is 2.13 bits per heavy atom. The molecule has 15 heavy (non-hydrogen) atoms. The van der Waals surface area contributed by atoms with Gasteiger partial charge >= 0.3 is 0 Å². The van der Waals surface area contributed by atoms with Crippen molar-refractivity contribution in [1.29, 1.82) is 0 Å². The van der Waals surface area contributed by atoms with Gasteiger partial charge in [0.15, 0.2) is 0 Å². The lowest BCUT2D eigenvalue weighted by Crippen LogP contribution is -2.59. The zero-order valence-corrected chi connectivity index (χ0v) is 9.93. The van der Waals surface area contributed by atoms with Crippen LogP contribution in [0.4, 0.5) is 0 Å². The average molecular weight is 229 g/mol. The van der Waals surface area contributed by atoms with E-state index in [1.54, 1.807) is 4.31 Å². The minimum Gasteiger partial charge on any atom is -0.212 e. The third-order valence-electron chi connectivity index (χ3n) is 4.24. The van der Waals surface area contributed by atoms with E-state index in [1.165, 1.54) is 32.1 Å². The zero-order chi connectivity index (χ0) is 10.5. The molecule has 3 fully saturated rings. The highest BCUT2D eigenvalue weighted by Crippen LogP contribution is 2.47. The first kappa shape index (κ1) is 10.1. The fraction of sp³-hybridized carbons (Fsp3) is 1.00. The highest BCUT2D eigenvalue weighted by Gasteiger charge is 2.51. The lowest BCUT2D eigenvalue weighted by Gasteiger charge is -2.51. The second kappa shape index (κ2) is 3.20. The van der Waals surface area contributed by atoms with Crippen molar-refractivity contribution in [2.75, 3.05) is 13.1 Å². The van der Waals surface area contributed by atoms with Crippen molar-refractivity contribution >= 4 is 10.0 Å². The fourth-order valence-corrected chi connectivity index (χ4v) is 5.14. The van der Waals surface area contributed by atoms with E-state index in [0.29, 0.717) is 5.41 Å². The highest BCUT2D eigenvalue weighted by atomic mass is 32.2. The molecule has 86 valence electrons. The highest BCUT2D eigenvalue weighted by molar-refractivity contribution is 7.90. The molecule has 0 bridgehead atoms. The molecule has 2 saturated carbocycles. The van der Waals surface area contributed by atoms with Crippen molar-refractivity contribution in [3.05, 3.63) is 0 Å². The number of rotatable bonds is 2. The molecule has 0 radical (unpaired) electrons. The third-order valence-corrected chi connectivity index (χ3v) is 6.54. The number of hydrogen-bond donors (Lipinski definition) is 0. The molecule has 3 rings (SSSR count). The van der Waals surface area contributed by atoms with Crippen molar-refractivity contribution in [3.63, 3.8) is 0 Å². The number of hydrogen-bond acceptors (Lipinski definition) is 2. The van der Waals surface area contributed by atoms with Crippen LogP contribution in [0, 0.1) is 5.41 Å². The van der Waals surface area contributed by atoms with Crippen molar-refractivity contribution in [3.8, 4) is 0 Å². The van der Waals surface area contributed by atoms with E-state index in [-0.39, 0.29) is 5.25 Å². The van der Waals surface area contributed by atoms with Crippen LogP contribution in [0.1, 0.15) is 44.9 Å². The Balaban J connectivity index is 1.65.